The number of amides is 1. The molecule has 3 aliphatic rings. The van der Waals surface area contributed by atoms with Gasteiger partial charge in [0.25, 0.3) is 5.91 Å². The zero-order valence-electron chi connectivity index (χ0n) is 18.0. The first-order valence-corrected chi connectivity index (χ1v) is 11.2. The molecule has 3 aromatic carbocycles. The largest absolute Gasteiger partial charge is 0.508 e. The number of benzene rings is 3. The van der Waals surface area contributed by atoms with E-state index in [1.54, 1.807) is 24.3 Å². The van der Waals surface area contributed by atoms with E-state index in [1.165, 1.54) is 0 Å². The maximum atomic E-state index is 13.7. The summed E-state index contributed by atoms with van der Waals surface area (Å²) in [7, 11) is 0. The van der Waals surface area contributed by atoms with Crippen LogP contribution in [0.5, 0.6) is 11.5 Å². The van der Waals surface area contributed by atoms with Crippen molar-refractivity contribution in [3.05, 3.63) is 107 Å². The number of aromatic hydroxyl groups is 2. The molecular formula is C27H24N3O3+. The van der Waals surface area contributed by atoms with Gasteiger partial charge in [-0.05, 0) is 47.0 Å². The summed E-state index contributed by atoms with van der Waals surface area (Å²) in [6.45, 7) is 0. The van der Waals surface area contributed by atoms with E-state index in [2.05, 4.69) is 22.4 Å². The van der Waals surface area contributed by atoms with Crippen LogP contribution in [0.25, 0.3) is 0 Å². The lowest BCUT2D eigenvalue weighted by molar-refractivity contribution is -0.408. The number of nitrogens with one attached hydrogen (secondary N) is 2. The number of nitrogens with zero attached hydrogens (tertiary/aromatic N) is 1. The van der Waals surface area contributed by atoms with Gasteiger partial charge in [0.05, 0.1) is 6.42 Å². The Morgan fingerprint density at radius 3 is 2.48 bits per heavy atom. The first-order valence-electron chi connectivity index (χ1n) is 11.2. The van der Waals surface area contributed by atoms with E-state index in [-0.39, 0.29) is 29.5 Å². The van der Waals surface area contributed by atoms with Crippen molar-refractivity contribution < 1.29 is 20.0 Å². The van der Waals surface area contributed by atoms with Crippen LogP contribution in [0.1, 0.15) is 22.3 Å². The van der Waals surface area contributed by atoms with Gasteiger partial charge >= 0.3 is 0 Å². The molecule has 6 nitrogen and oxygen atoms in total. The monoisotopic (exact) mass is 438 g/mol. The number of carbonyl (C=O) groups is 1. The van der Waals surface area contributed by atoms with Crippen LogP contribution < -0.4 is 10.3 Å². The molecule has 0 bridgehead atoms. The molecule has 2 aliphatic heterocycles. The molecule has 3 aromatic rings. The maximum absolute atomic E-state index is 13.7. The Hall–Kier alpha value is -4.06. The molecule has 4 N–H and O–H groups in total. The summed E-state index contributed by atoms with van der Waals surface area (Å²) in [5.41, 5.74) is 6.22. The summed E-state index contributed by atoms with van der Waals surface area (Å²) >= 11 is 0. The molecule has 0 aromatic heterocycles. The van der Waals surface area contributed by atoms with Crippen molar-refractivity contribution in [2.75, 3.05) is 0 Å². The fourth-order valence-electron chi connectivity index (χ4n) is 5.14. The molecule has 33 heavy (non-hydrogen) atoms. The number of carbonyl (C=O) groups excluding carboxylic acids is 1. The number of hydrogen-bond donors (Lipinski definition) is 4. The van der Waals surface area contributed by atoms with Crippen LogP contribution in [0.15, 0.2) is 84.3 Å². The highest BCUT2D eigenvalue weighted by atomic mass is 16.3. The SMILES string of the molecule is O=C1C(Cc2ccc(O)cc2)NC2=C(Cc3ccccc3)[NH+]=C3c4ccc(O)cc4CC3N12. The van der Waals surface area contributed by atoms with Crippen molar-refractivity contribution in [2.45, 2.75) is 31.3 Å². The predicted octanol–water partition coefficient (Wildman–Crippen LogP) is 1.36. The van der Waals surface area contributed by atoms with E-state index in [1.807, 2.05) is 41.3 Å². The Kier molecular flexibility index (Phi) is 4.47. The molecule has 2 atom stereocenters. The van der Waals surface area contributed by atoms with Crippen LogP contribution in [0, 0.1) is 0 Å². The number of allylic oxidation sites excluding steroid dienone is 1. The van der Waals surface area contributed by atoms with E-state index in [0.717, 1.165) is 39.5 Å². The highest BCUT2D eigenvalue weighted by molar-refractivity contribution is 6.08. The summed E-state index contributed by atoms with van der Waals surface area (Å²) in [6, 6.07) is 22.1. The Labute approximate surface area is 191 Å². The minimum atomic E-state index is -0.381. The van der Waals surface area contributed by atoms with Gasteiger partial charge in [-0.1, -0.05) is 42.5 Å². The molecule has 1 amide bonds. The molecule has 1 saturated heterocycles. The molecule has 2 unspecified atom stereocenters. The lowest BCUT2D eigenvalue weighted by Crippen LogP contribution is -2.78. The lowest BCUT2D eigenvalue weighted by Gasteiger charge is -2.26. The second-order valence-corrected chi connectivity index (χ2v) is 8.87. The van der Waals surface area contributed by atoms with Crippen molar-refractivity contribution in [3.63, 3.8) is 0 Å². The van der Waals surface area contributed by atoms with Crippen molar-refractivity contribution in [1.29, 1.82) is 0 Å². The molecule has 0 spiro atoms. The zero-order valence-corrected chi connectivity index (χ0v) is 18.0. The van der Waals surface area contributed by atoms with Gasteiger partial charge in [-0.2, -0.15) is 0 Å². The third-order valence-electron chi connectivity index (χ3n) is 6.70. The van der Waals surface area contributed by atoms with Crippen molar-refractivity contribution in [1.82, 2.24) is 10.2 Å². The standard InChI is InChI=1S/C27H23N3O3/c31-19-8-6-17(7-9-19)13-23-27(33)30-24-15-18-14-20(32)10-11-21(18)25(24)28-22(26(30)29-23)12-16-4-2-1-3-5-16/h1-11,14,23-24,29,31-32H,12-13,15H2/p+1. The summed E-state index contributed by atoms with van der Waals surface area (Å²) in [4.78, 5) is 19.2. The number of rotatable bonds is 4. The van der Waals surface area contributed by atoms with Gasteiger partial charge < -0.3 is 15.5 Å². The van der Waals surface area contributed by atoms with Gasteiger partial charge in [-0.3, -0.25) is 9.69 Å². The summed E-state index contributed by atoms with van der Waals surface area (Å²) < 4.78 is 0. The van der Waals surface area contributed by atoms with E-state index in [9.17, 15) is 15.0 Å². The molecule has 0 radical (unpaired) electrons. The first kappa shape index (κ1) is 19.6. The normalized spacial score (nSPS) is 20.8. The molecule has 1 fully saturated rings. The summed E-state index contributed by atoms with van der Waals surface area (Å²) in [5.74, 6) is 1.33. The molecule has 1 aliphatic carbocycles. The van der Waals surface area contributed by atoms with Crippen LogP contribution in [0.3, 0.4) is 0 Å². The Bertz CT molecular complexity index is 1310. The molecule has 164 valence electrons. The first-order chi connectivity index (χ1) is 16.1. The van der Waals surface area contributed by atoms with Crippen LogP contribution >= 0.6 is 0 Å². The van der Waals surface area contributed by atoms with Crippen LogP contribution in [0.2, 0.25) is 0 Å². The van der Waals surface area contributed by atoms with Gasteiger partial charge in [0, 0.05) is 18.4 Å². The Morgan fingerprint density at radius 2 is 1.70 bits per heavy atom. The summed E-state index contributed by atoms with van der Waals surface area (Å²) in [6.07, 6.45) is 1.86. The predicted molar refractivity (Wildman–Crippen MR) is 123 cm³/mol. The number of phenols is 2. The fraction of sp³-hybridized carbons (Fsp3) is 0.185. The quantitative estimate of drug-likeness (QED) is 0.496. The van der Waals surface area contributed by atoms with Gasteiger partial charge in [0.1, 0.15) is 23.6 Å². The van der Waals surface area contributed by atoms with E-state index in [4.69, 9.17) is 0 Å². The minimum Gasteiger partial charge on any atom is -0.508 e. The molecule has 2 heterocycles. The van der Waals surface area contributed by atoms with Gasteiger partial charge in [0.2, 0.25) is 11.4 Å². The third kappa shape index (κ3) is 3.35. The fourth-order valence-corrected chi connectivity index (χ4v) is 5.14. The molecule has 6 rings (SSSR count). The van der Waals surface area contributed by atoms with Crippen molar-refractivity contribution in [3.8, 4) is 11.5 Å². The summed E-state index contributed by atoms with van der Waals surface area (Å²) in [5, 5.41) is 23.1. The number of phenolic OH excluding ortho intramolecular Hbond substituents is 2. The van der Waals surface area contributed by atoms with E-state index >= 15 is 0 Å². The van der Waals surface area contributed by atoms with Gasteiger partial charge in [-0.25, -0.2) is 4.99 Å². The zero-order chi connectivity index (χ0) is 22.5. The smallest absolute Gasteiger partial charge is 0.251 e. The van der Waals surface area contributed by atoms with Gasteiger partial charge in [0.15, 0.2) is 5.82 Å². The topological polar surface area (TPSA) is 86.8 Å². The Balaban J connectivity index is 1.40. The van der Waals surface area contributed by atoms with Crippen LogP contribution in [0.4, 0.5) is 0 Å². The molecule has 0 saturated carbocycles. The van der Waals surface area contributed by atoms with E-state index < -0.39 is 0 Å². The number of hydrogen-bond acceptors (Lipinski definition) is 4. The lowest BCUT2D eigenvalue weighted by atomic mass is 10.0. The second-order valence-electron chi connectivity index (χ2n) is 8.87. The second kappa shape index (κ2) is 7.52. The number of fused-ring (bicyclic) bond motifs is 5. The van der Waals surface area contributed by atoms with Crippen molar-refractivity contribution >= 4 is 11.6 Å². The van der Waals surface area contributed by atoms with Gasteiger partial charge in [-0.15, -0.1) is 0 Å². The Morgan fingerprint density at radius 1 is 0.939 bits per heavy atom. The van der Waals surface area contributed by atoms with E-state index in [0.29, 0.717) is 19.3 Å². The molecule has 6 heteroatoms. The van der Waals surface area contributed by atoms with Crippen molar-refractivity contribution in [2.24, 2.45) is 0 Å². The average molecular weight is 439 g/mol. The maximum Gasteiger partial charge on any atom is 0.251 e. The molecular weight excluding hydrogens is 414 g/mol. The average Bonchev–Trinajstić information content (AvgIpc) is 3.33. The van der Waals surface area contributed by atoms with Crippen LogP contribution in [-0.4, -0.2) is 38.8 Å². The third-order valence-corrected chi connectivity index (χ3v) is 6.70. The minimum absolute atomic E-state index is 0.0460. The highest BCUT2D eigenvalue weighted by Gasteiger charge is 2.51. The highest BCUT2D eigenvalue weighted by Crippen LogP contribution is 2.34. The van der Waals surface area contributed by atoms with Crippen LogP contribution in [-0.2, 0) is 24.1 Å².